The fourth-order valence-corrected chi connectivity index (χ4v) is 5.53. The summed E-state index contributed by atoms with van der Waals surface area (Å²) in [5.41, 5.74) is 3.37. The number of hydrogen-bond donors (Lipinski definition) is 0. The average molecular weight is 535 g/mol. The number of benzene rings is 3. The second kappa shape index (κ2) is 14.5. The van der Waals surface area contributed by atoms with Crippen LogP contribution in [0.4, 0.5) is 13.2 Å². The molecule has 0 N–H and O–H groups in total. The summed E-state index contributed by atoms with van der Waals surface area (Å²) in [6, 6.07) is 15.7. The first kappa shape index (κ1) is 29.1. The maximum atomic E-state index is 15.1. The molecule has 0 spiro atoms. The highest BCUT2D eigenvalue weighted by Gasteiger charge is 2.22. The number of aryl methyl sites for hydroxylation is 1. The molecule has 1 saturated heterocycles. The normalized spacial score (nSPS) is 17.7. The fourth-order valence-electron chi connectivity index (χ4n) is 5.53. The second-order valence-electron chi connectivity index (χ2n) is 10.8. The molecule has 1 fully saturated rings. The zero-order valence-electron chi connectivity index (χ0n) is 23.3. The Hall–Kier alpha value is -2.85. The van der Waals surface area contributed by atoms with Gasteiger partial charge in [0.2, 0.25) is 0 Å². The molecular formula is C35H41F3O. The third kappa shape index (κ3) is 7.63. The van der Waals surface area contributed by atoms with Crippen molar-refractivity contribution in [1.29, 1.82) is 0 Å². The van der Waals surface area contributed by atoms with Crippen molar-refractivity contribution in [1.82, 2.24) is 0 Å². The molecule has 4 heteroatoms. The van der Waals surface area contributed by atoms with E-state index in [2.05, 4.69) is 13.0 Å². The van der Waals surface area contributed by atoms with Gasteiger partial charge in [-0.25, -0.2) is 13.2 Å². The van der Waals surface area contributed by atoms with Gasteiger partial charge in [-0.2, -0.15) is 0 Å². The van der Waals surface area contributed by atoms with Crippen molar-refractivity contribution in [2.45, 2.75) is 90.1 Å². The summed E-state index contributed by atoms with van der Waals surface area (Å²) in [7, 11) is 0. The minimum Gasteiger partial charge on any atom is -0.374 e. The number of halogens is 3. The van der Waals surface area contributed by atoms with Crippen molar-refractivity contribution in [2.24, 2.45) is 0 Å². The fraction of sp³-hybridized carbons (Fsp3) is 0.429. The topological polar surface area (TPSA) is 9.23 Å². The van der Waals surface area contributed by atoms with Crippen LogP contribution in [0.2, 0.25) is 0 Å². The van der Waals surface area contributed by atoms with Crippen LogP contribution in [-0.4, -0.2) is 12.7 Å². The zero-order chi connectivity index (χ0) is 27.6. The Morgan fingerprint density at radius 1 is 0.769 bits per heavy atom. The predicted octanol–water partition coefficient (Wildman–Crippen LogP) is 10.6. The van der Waals surface area contributed by atoms with E-state index in [1.807, 2.05) is 19.1 Å². The van der Waals surface area contributed by atoms with Crippen LogP contribution >= 0.6 is 0 Å². The third-order valence-corrected chi connectivity index (χ3v) is 7.90. The molecule has 1 nitrogen and oxygen atoms in total. The molecule has 0 saturated carbocycles. The smallest absolute Gasteiger partial charge is 0.166 e. The Morgan fingerprint density at radius 3 is 2.08 bits per heavy atom. The summed E-state index contributed by atoms with van der Waals surface area (Å²) in [6.07, 6.45) is 14.6. The SMILES string of the molecule is CC=CC1CCC(c2ccc(-c3ccc(-c4ccc(CCCCCCCCC)c(F)c4F)cc3)c(F)c2)CO1. The highest BCUT2D eigenvalue weighted by atomic mass is 19.2. The van der Waals surface area contributed by atoms with Crippen molar-refractivity contribution >= 4 is 0 Å². The van der Waals surface area contributed by atoms with E-state index >= 15 is 4.39 Å². The molecule has 2 unspecified atom stereocenters. The van der Waals surface area contributed by atoms with Crippen LogP contribution in [0, 0.1) is 17.5 Å². The molecule has 0 aliphatic carbocycles. The van der Waals surface area contributed by atoms with E-state index in [0.717, 1.165) is 37.7 Å². The van der Waals surface area contributed by atoms with Crippen molar-refractivity contribution in [3.05, 3.63) is 95.3 Å². The van der Waals surface area contributed by atoms with Gasteiger partial charge in [0, 0.05) is 17.0 Å². The Bertz CT molecular complexity index is 1220. The lowest BCUT2D eigenvalue weighted by atomic mass is 9.89. The Balaban J connectivity index is 1.39. The zero-order valence-corrected chi connectivity index (χ0v) is 23.3. The Morgan fingerprint density at radius 2 is 1.44 bits per heavy atom. The van der Waals surface area contributed by atoms with Gasteiger partial charge in [0.25, 0.3) is 0 Å². The van der Waals surface area contributed by atoms with Gasteiger partial charge in [0.15, 0.2) is 11.6 Å². The Labute approximate surface area is 232 Å². The summed E-state index contributed by atoms with van der Waals surface area (Å²) in [4.78, 5) is 0. The molecule has 4 rings (SSSR count). The molecule has 1 aliphatic rings. The highest BCUT2D eigenvalue weighted by molar-refractivity contribution is 5.71. The molecule has 2 atom stereocenters. The van der Waals surface area contributed by atoms with Crippen LogP contribution in [0.5, 0.6) is 0 Å². The molecule has 0 bridgehead atoms. The van der Waals surface area contributed by atoms with Crippen LogP contribution in [-0.2, 0) is 11.2 Å². The van der Waals surface area contributed by atoms with Crippen molar-refractivity contribution in [3.63, 3.8) is 0 Å². The lowest BCUT2D eigenvalue weighted by molar-refractivity contribution is 0.0326. The molecule has 0 radical (unpaired) electrons. The van der Waals surface area contributed by atoms with Crippen LogP contribution < -0.4 is 0 Å². The summed E-state index contributed by atoms with van der Waals surface area (Å²) < 4.78 is 50.8. The van der Waals surface area contributed by atoms with Crippen molar-refractivity contribution in [2.75, 3.05) is 6.61 Å². The summed E-state index contributed by atoms with van der Waals surface area (Å²) in [6.45, 7) is 4.77. The van der Waals surface area contributed by atoms with Gasteiger partial charge in [-0.3, -0.25) is 0 Å². The second-order valence-corrected chi connectivity index (χ2v) is 10.8. The van der Waals surface area contributed by atoms with Crippen molar-refractivity contribution < 1.29 is 17.9 Å². The van der Waals surface area contributed by atoms with Gasteiger partial charge < -0.3 is 4.74 Å². The molecule has 3 aromatic carbocycles. The van der Waals surface area contributed by atoms with Crippen LogP contribution in [0.15, 0.2) is 66.7 Å². The molecule has 0 aromatic heterocycles. The average Bonchev–Trinajstić information content (AvgIpc) is 2.95. The summed E-state index contributed by atoms with van der Waals surface area (Å²) in [5.74, 6) is -1.68. The first-order chi connectivity index (χ1) is 19.0. The largest absolute Gasteiger partial charge is 0.374 e. The van der Waals surface area contributed by atoms with E-state index in [0.29, 0.717) is 35.3 Å². The van der Waals surface area contributed by atoms with Crippen LogP contribution in [0.1, 0.15) is 88.7 Å². The molecule has 39 heavy (non-hydrogen) atoms. The number of rotatable bonds is 12. The summed E-state index contributed by atoms with van der Waals surface area (Å²) in [5, 5.41) is 0. The van der Waals surface area contributed by atoms with Gasteiger partial charge in [0.1, 0.15) is 5.82 Å². The first-order valence-electron chi connectivity index (χ1n) is 14.6. The van der Waals surface area contributed by atoms with Crippen LogP contribution in [0.3, 0.4) is 0 Å². The van der Waals surface area contributed by atoms with E-state index < -0.39 is 11.6 Å². The van der Waals surface area contributed by atoms with Gasteiger partial charge >= 0.3 is 0 Å². The van der Waals surface area contributed by atoms with Gasteiger partial charge in [0.05, 0.1) is 12.7 Å². The van der Waals surface area contributed by atoms with E-state index in [4.69, 9.17) is 4.74 Å². The molecule has 3 aromatic rings. The van der Waals surface area contributed by atoms with Gasteiger partial charge in [-0.05, 0) is 60.9 Å². The maximum absolute atomic E-state index is 15.1. The van der Waals surface area contributed by atoms with E-state index in [1.165, 1.54) is 25.7 Å². The number of hydrogen-bond acceptors (Lipinski definition) is 1. The molecular weight excluding hydrogens is 493 g/mol. The number of ether oxygens (including phenoxy) is 1. The lowest BCUT2D eigenvalue weighted by Gasteiger charge is -2.28. The van der Waals surface area contributed by atoms with Crippen molar-refractivity contribution in [3.8, 4) is 22.3 Å². The predicted molar refractivity (Wildman–Crippen MR) is 155 cm³/mol. The number of allylic oxidation sites excluding steroid dienone is 1. The minimum absolute atomic E-state index is 0.147. The first-order valence-corrected chi connectivity index (χ1v) is 14.6. The highest BCUT2D eigenvalue weighted by Crippen LogP contribution is 2.34. The molecule has 0 amide bonds. The van der Waals surface area contributed by atoms with Gasteiger partial charge in [-0.1, -0.05) is 106 Å². The maximum Gasteiger partial charge on any atom is 0.166 e. The third-order valence-electron chi connectivity index (χ3n) is 7.90. The van der Waals surface area contributed by atoms with E-state index in [-0.39, 0.29) is 23.4 Å². The standard InChI is InChI=1S/C35H41F3O/c1-3-5-6-7-8-9-10-12-27-18-22-32(35(38)34(27)37)26-15-13-25(14-16-26)31-21-19-28(23-33(31)36)29-17-20-30(11-4-2)39-24-29/h4,11,13-16,18-19,21-23,29-30H,3,5-10,12,17,20,24H2,1-2H3. The Kier molecular flexibility index (Phi) is 10.8. The van der Waals surface area contributed by atoms with Crippen LogP contribution in [0.25, 0.3) is 22.3 Å². The van der Waals surface area contributed by atoms with E-state index in [9.17, 15) is 8.78 Å². The number of unbranched alkanes of at least 4 members (excludes halogenated alkanes) is 6. The molecule has 208 valence electrons. The lowest BCUT2D eigenvalue weighted by Crippen LogP contribution is -2.23. The molecule has 1 heterocycles. The molecule has 1 aliphatic heterocycles. The monoisotopic (exact) mass is 534 g/mol. The minimum atomic E-state index is -0.815. The van der Waals surface area contributed by atoms with E-state index in [1.54, 1.807) is 48.5 Å². The summed E-state index contributed by atoms with van der Waals surface area (Å²) >= 11 is 0. The van der Waals surface area contributed by atoms with Gasteiger partial charge in [-0.15, -0.1) is 0 Å². The quantitative estimate of drug-likeness (QED) is 0.166.